The van der Waals surface area contributed by atoms with Gasteiger partial charge in [0.2, 0.25) is 5.88 Å². The molecule has 0 radical (unpaired) electrons. The predicted octanol–water partition coefficient (Wildman–Crippen LogP) is 3.39. The minimum absolute atomic E-state index is 0.536. The van der Waals surface area contributed by atoms with Crippen LogP contribution < -0.4 is 10.1 Å². The molecule has 3 heteroatoms. The molecule has 0 aliphatic rings. The van der Waals surface area contributed by atoms with Crippen molar-refractivity contribution in [2.24, 2.45) is 5.92 Å². The number of methoxy groups -OCH3 is 1. The third kappa shape index (κ3) is 5.50. The summed E-state index contributed by atoms with van der Waals surface area (Å²) in [4.78, 5) is 4.20. The second kappa shape index (κ2) is 8.09. The zero-order valence-corrected chi connectivity index (χ0v) is 12.1. The molecular formula is C15H26N2O. The summed E-state index contributed by atoms with van der Waals surface area (Å²) in [6.07, 6.45) is 5.58. The van der Waals surface area contributed by atoms with Crippen molar-refractivity contribution in [3.63, 3.8) is 0 Å². The number of nitrogens with one attached hydrogen (secondary N) is 1. The van der Waals surface area contributed by atoms with E-state index in [0.29, 0.717) is 6.04 Å². The Morgan fingerprint density at radius 2 is 2.06 bits per heavy atom. The van der Waals surface area contributed by atoms with Crippen LogP contribution in [0.5, 0.6) is 5.88 Å². The summed E-state index contributed by atoms with van der Waals surface area (Å²) in [6.45, 7) is 7.61. The van der Waals surface area contributed by atoms with Crippen molar-refractivity contribution in [1.29, 1.82) is 0 Å². The van der Waals surface area contributed by atoms with E-state index in [4.69, 9.17) is 4.74 Å². The second-order valence-corrected chi connectivity index (χ2v) is 5.28. The first-order valence-corrected chi connectivity index (χ1v) is 6.84. The summed E-state index contributed by atoms with van der Waals surface area (Å²) in [5.74, 6) is 1.52. The van der Waals surface area contributed by atoms with E-state index in [1.165, 1.54) is 19.3 Å². The van der Waals surface area contributed by atoms with Crippen LogP contribution >= 0.6 is 0 Å². The molecule has 102 valence electrons. The van der Waals surface area contributed by atoms with Crippen molar-refractivity contribution >= 4 is 0 Å². The maximum Gasteiger partial charge on any atom is 0.217 e. The molecule has 1 atom stereocenters. The van der Waals surface area contributed by atoms with Gasteiger partial charge in [-0.3, -0.25) is 0 Å². The normalized spacial score (nSPS) is 12.7. The van der Waals surface area contributed by atoms with Gasteiger partial charge in [0.25, 0.3) is 0 Å². The maximum atomic E-state index is 5.24. The minimum atomic E-state index is 0.536. The molecule has 1 unspecified atom stereocenters. The van der Waals surface area contributed by atoms with Gasteiger partial charge in [0.05, 0.1) is 7.11 Å². The highest BCUT2D eigenvalue weighted by atomic mass is 16.5. The monoisotopic (exact) mass is 250 g/mol. The van der Waals surface area contributed by atoms with Gasteiger partial charge >= 0.3 is 0 Å². The average molecular weight is 250 g/mol. The zero-order chi connectivity index (χ0) is 13.4. The molecule has 0 spiro atoms. The Morgan fingerprint density at radius 3 is 2.72 bits per heavy atom. The van der Waals surface area contributed by atoms with Crippen LogP contribution in [0.1, 0.15) is 45.6 Å². The first kappa shape index (κ1) is 15.0. The third-order valence-electron chi connectivity index (χ3n) is 3.10. The molecule has 0 amide bonds. The fraction of sp³-hybridized carbons (Fsp3) is 0.667. The SMILES string of the molecule is COc1ncccc1CNC(C)CCCC(C)C. The van der Waals surface area contributed by atoms with Gasteiger partial charge in [-0.05, 0) is 25.3 Å². The average Bonchev–Trinajstić information content (AvgIpc) is 2.36. The van der Waals surface area contributed by atoms with Gasteiger partial charge in [0, 0.05) is 24.3 Å². The summed E-state index contributed by atoms with van der Waals surface area (Å²) in [5, 5.41) is 3.53. The zero-order valence-electron chi connectivity index (χ0n) is 12.1. The molecule has 3 nitrogen and oxygen atoms in total. The number of hydrogen-bond donors (Lipinski definition) is 1. The quantitative estimate of drug-likeness (QED) is 0.768. The molecule has 0 aromatic carbocycles. The Balaban J connectivity index is 2.31. The van der Waals surface area contributed by atoms with Crippen LogP contribution in [0.3, 0.4) is 0 Å². The second-order valence-electron chi connectivity index (χ2n) is 5.28. The standard InChI is InChI=1S/C15H26N2O/c1-12(2)7-5-8-13(3)17-11-14-9-6-10-16-15(14)18-4/h6,9-10,12-13,17H,5,7-8,11H2,1-4H3. The fourth-order valence-electron chi connectivity index (χ4n) is 1.96. The van der Waals surface area contributed by atoms with Crippen molar-refractivity contribution < 1.29 is 4.74 Å². The molecule has 1 rings (SSSR count). The van der Waals surface area contributed by atoms with E-state index >= 15 is 0 Å². The summed E-state index contributed by atoms with van der Waals surface area (Å²) in [6, 6.07) is 4.54. The number of hydrogen-bond acceptors (Lipinski definition) is 3. The maximum absolute atomic E-state index is 5.24. The molecule has 0 fully saturated rings. The smallest absolute Gasteiger partial charge is 0.217 e. The number of rotatable bonds is 8. The Morgan fingerprint density at radius 1 is 1.28 bits per heavy atom. The van der Waals surface area contributed by atoms with Gasteiger partial charge in [0.1, 0.15) is 0 Å². The molecule has 0 aliphatic carbocycles. The van der Waals surface area contributed by atoms with Gasteiger partial charge in [0.15, 0.2) is 0 Å². The topological polar surface area (TPSA) is 34.1 Å². The lowest BCUT2D eigenvalue weighted by atomic mass is 10.0. The highest BCUT2D eigenvalue weighted by Gasteiger charge is 2.06. The Hall–Kier alpha value is -1.09. The van der Waals surface area contributed by atoms with Crippen molar-refractivity contribution in [3.05, 3.63) is 23.9 Å². The van der Waals surface area contributed by atoms with Crippen LogP contribution in [0, 0.1) is 5.92 Å². The fourth-order valence-corrected chi connectivity index (χ4v) is 1.96. The molecule has 0 saturated heterocycles. The van der Waals surface area contributed by atoms with Gasteiger partial charge in [-0.25, -0.2) is 4.98 Å². The van der Waals surface area contributed by atoms with E-state index in [1.54, 1.807) is 13.3 Å². The van der Waals surface area contributed by atoms with Crippen molar-refractivity contribution in [2.45, 2.75) is 52.6 Å². The Bertz CT molecular complexity index is 339. The number of aromatic nitrogens is 1. The van der Waals surface area contributed by atoms with E-state index < -0.39 is 0 Å². The van der Waals surface area contributed by atoms with E-state index in [2.05, 4.69) is 37.1 Å². The van der Waals surface area contributed by atoms with Crippen LogP contribution in [-0.2, 0) is 6.54 Å². The number of ether oxygens (including phenoxy) is 1. The summed E-state index contributed by atoms with van der Waals surface area (Å²) < 4.78 is 5.24. The van der Waals surface area contributed by atoms with Crippen LogP contribution in [0.25, 0.3) is 0 Å². The van der Waals surface area contributed by atoms with Gasteiger partial charge in [-0.2, -0.15) is 0 Å². The molecule has 18 heavy (non-hydrogen) atoms. The first-order valence-electron chi connectivity index (χ1n) is 6.84. The van der Waals surface area contributed by atoms with Gasteiger partial charge < -0.3 is 10.1 Å². The molecule has 1 heterocycles. The van der Waals surface area contributed by atoms with E-state index in [0.717, 1.165) is 23.9 Å². The van der Waals surface area contributed by atoms with E-state index in [-0.39, 0.29) is 0 Å². The molecule has 0 saturated carbocycles. The molecule has 0 bridgehead atoms. The third-order valence-corrected chi connectivity index (χ3v) is 3.10. The minimum Gasteiger partial charge on any atom is -0.481 e. The lowest BCUT2D eigenvalue weighted by Gasteiger charge is -2.15. The van der Waals surface area contributed by atoms with Gasteiger partial charge in [-0.1, -0.05) is 32.8 Å². The summed E-state index contributed by atoms with van der Waals surface area (Å²) in [5.41, 5.74) is 1.12. The van der Waals surface area contributed by atoms with Crippen molar-refractivity contribution in [2.75, 3.05) is 7.11 Å². The lowest BCUT2D eigenvalue weighted by molar-refractivity contribution is 0.387. The lowest BCUT2D eigenvalue weighted by Crippen LogP contribution is -2.25. The van der Waals surface area contributed by atoms with Crippen LogP contribution in [0.2, 0.25) is 0 Å². The van der Waals surface area contributed by atoms with Crippen molar-refractivity contribution in [1.82, 2.24) is 10.3 Å². The predicted molar refractivity (Wildman–Crippen MR) is 75.8 cm³/mol. The van der Waals surface area contributed by atoms with Gasteiger partial charge in [-0.15, -0.1) is 0 Å². The van der Waals surface area contributed by atoms with Crippen molar-refractivity contribution in [3.8, 4) is 5.88 Å². The summed E-state index contributed by atoms with van der Waals surface area (Å²) >= 11 is 0. The highest BCUT2D eigenvalue weighted by Crippen LogP contribution is 2.14. The highest BCUT2D eigenvalue weighted by molar-refractivity contribution is 5.25. The Labute approximate surface area is 111 Å². The van der Waals surface area contributed by atoms with E-state index in [1.807, 2.05) is 6.07 Å². The number of pyridine rings is 1. The first-order chi connectivity index (χ1) is 8.63. The van der Waals surface area contributed by atoms with E-state index in [9.17, 15) is 0 Å². The van der Waals surface area contributed by atoms with Crippen LogP contribution in [-0.4, -0.2) is 18.1 Å². The Kier molecular flexibility index (Phi) is 6.73. The molecule has 1 N–H and O–H groups in total. The van der Waals surface area contributed by atoms with Crippen LogP contribution in [0.15, 0.2) is 18.3 Å². The molecular weight excluding hydrogens is 224 g/mol. The molecule has 1 aromatic heterocycles. The molecule has 0 aliphatic heterocycles. The van der Waals surface area contributed by atoms with Crippen LogP contribution in [0.4, 0.5) is 0 Å². The number of nitrogens with zero attached hydrogens (tertiary/aromatic N) is 1. The summed E-state index contributed by atoms with van der Waals surface area (Å²) in [7, 11) is 1.66. The largest absolute Gasteiger partial charge is 0.481 e. The molecule has 1 aromatic rings.